The topological polar surface area (TPSA) is 111 Å². The highest BCUT2D eigenvalue weighted by molar-refractivity contribution is 5.70. The summed E-state index contributed by atoms with van der Waals surface area (Å²) in [6.45, 7) is 4.56. The first-order valence-electron chi connectivity index (χ1n) is 28.0. The van der Waals surface area contributed by atoms with Crippen LogP contribution in [0.15, 0.2) is 109 Å². The minimum absolute atomic E-state index is 0.138. The fraction of sp³-hybridized carbons (Fsp3) is 0.661. The normalized spacial score (nSPS) is 13.6. The summed E-state index contributed by atoms with van der Waals surface area (Å²) in [7, 11) is 5.90. The number of aliphatic carboxylic acids is 1. The maximum atomic E-state index is 12.8. The van der Waals surface area contributed by atoms with Gasteiger partial charge in [0.1, 0.15) is 13.2 Å². The molecule has 71 heavy (non-hydrogen) atoms. The molecule has 0 bridgehead atoms. The Kier molecular flexibility index (Phi) is 49.3. The predicted octanol–water partition coefficient (Wildman–Crippen LogP) is 15.0. The summed E-state index contributed by atoms with van der Waals surface area (Å²) in [5.74, 6) is -2.32. The quantitative estimate of drug-likeness (QED) is 0.0195. The van der Waals surface area contributed by atoms with E-state index in [0.29, 0.717) is 17.4 Å². The number of likely N-dealkylation sites (N-methyl/N-ethyl adjacent to an activating group) is 1. The lowest BCUT2D eigenvalue weighted by molar-refractivity contribution is -0.870. The minimum Gasteiger partial charge on any atom is -0.545 e. The van der Waals surface area contributed by atoms with Crippen LogP contribution in [-0.4, -0.2) is 82.3 Å². The number of carboxylic acid groups (broad SMARTS) is 1. The van der Waals surface area contributed by atoms with E-state index in [-0.39, 0.29) is 38.6 Å². The van der Waals surface area contributed by atoms with Crippen molar-refractivity contribution >= 4 is 17.9 Å². The van der Waals surface area contributed by atoms with Crippen LogP contribution in [0.5, 0.6) is 0 Å². The van der Waals surface area contributed by atoms with Crippen molar-refractivity contribution in [2.24, 2.45) is 0 Å². The Hall–Kier alpha value is -4.05. The Balaban J connectivity index is 4.28. The van der Waals surface area contributed by atoms with Crippen molar-refractivity contribution in [3.05, 3.63) is 109 Å². The summed E-state index contributed by atoms with van der Waals surface area (Å²) in [5, 5.41) is 11.8. The van der Waals surface area contributed by atoms with Gasteiger partial charge in [-0.1, -0.05) is 200 Å². The second-order valence-corrected chi connectivity index (χ2v) is 19.5. The number of hydrogen-bond acceptors (Lipinski definition) is 8. The van der Waals surface area contributed by atoms with Gasteiger partial charge in [-0.05, 0) is 103 Å². The van der Waals surface area contributed by atoms with Gasteiger partial charge in [0, 0.05) is 12.8 Å². The number of unbranched alkanes of at least 4 members (excludes halogenated alkanes) is 17. The van der Waals surface area contributed by atoms with E-state index in [4.69, 9.17) is 18.9 Å². The van der Waals surface area contributed by atoms with Crippen LogP contribution in [0.2, 0.25) is 0 Å². The number of carbonyl (C=O) groups is 3. The third-order valence-electron chi connectivity index (χ3n) is 11.5. The number of allylic oxidation sites excluding steroid dienone is 18. The molecule has 9 heteroatoms. The van der Waals surface area contributed by atoms with Gasteiger partial charge in [0.05, 0.1) is 40.3 Å². The van der Waals surface area contributed by atoms with Crippen LogP contribution in [0, 0.1) is 0 Å². The van der Waals surface area contributed by atoms with E-state index in [1.807, 2.05) is 21.1 Å². The summed E-state index contributed by atoms with van der Waals surface area (Å²) in [6.07, 6.45) is 68.4. The van der Waals surface area contributed by atoms with Crippen LogP contribution in [0.25, 0.3) is 0 Å². The maximum Gasteiger partial charge on any atom is 0.306 e. The van der Waals surface area contributed by atoms with Gasteiger partial charge in [-0.15, -0.1) is 0 Å². The molecule has 0 aliphatic carbocycles. The van der Waals surface area contributed by atoms with Gasteiger partial charge in [-0.2, -0.15) is 0 Å². The second kappa shape index (κ2) is 52.3. The SMILES string of the molecule is CC/C=C\C/C=C\C/C=C\C/C=C\C/C=C\C/C=C\C/C=C\CCCCCCCCCCCC(=O)OC(COC(=O)CCCCCCC/C=C\C/C=C\CCCCC)COC(OCC[N+](C)(C)C)C(=O)[O-]. The van der Waals surface area contributed by atoms with Crippen LogP contribution in [0.3, 0.4) is 0 Å². The molecule has 0 rings (SSSR count). The van der Waals surface area contributed by atoms with Gasteiger partial charge in [-0.25, -0.2) is 0 Å². The van der Waals surface area contributed by atoms with Crippen molar-refractivity contribution in [3.63, 3.8) is 0 Å². The molecule has 0 saturated carbocycles. The number of hydrogen-bond donors (Lipinski definition) is 0. The monoisotopic (exact) mass is 990 g/mol. The predicted molar refractivity (Wildman–Crippen MR) is 297 cm³/mol. The first-order chi connectivity index (χ1) is 34.6. The molecule has 0 aliphatic heterocycles. The number of rotatable bonds is 50. The summed E-state index contributed by atoms with van der Waals surface area (Å²) in [4.78, 5) is 37.2. The molecule has 2 unspecified atom stereocenters. The van der Waals surface area contributed by atoms with Crippen LogP contribution >= 0.6 is 0 Å². The summed E-state index contributed by atoms with van der Waals surface area (Å²) in [5.41, 5.74) is 0. The molecule has 0 N–H and O–H groups in total. The molecule has 0 fully saturated rings. The molecular formula is C62H103NO8. The van der Waals surface area contributed by atoms with Crippen molar-refractivity contribution in [2.75, 3.05) is 47.5 Å². The second-order valence-electron chi connectivity index (χ2n) is 19.5. The molecule has 0 heterocycles. The molecule has 0 aromatic carbocycles. The Morgan fingerprint density at radius 1 is 0.437 bits per heavy atom. The standard InChI is InChI=1S/C62H103NO8/c1-6-8-10-12-14-16-18-20-22-23-24-25-26-27-28-29-30-31-32-33-34-35-36-37-39-41-43-45-47-49-51-53-60(65)71-58(57-70-62(61(66)67)68-55-54-63(3,4)5)56-69-59(64)52-50-48-46-44-42-40-38-21-19-17-15-13-11-9-7-2/h8,10,14-17,20-22,24-25,27-28,30-31,33-34,38,58,62H,6-7,9,11-13,18-19,23,26,29,32,35-37,39-57H2,1-5H3/b10-8-,16-14-,17-15-,22-20-,25-24-,28-27-,31-30-,34-33-,38-21-. The summed E-state index contributed by atoms with van der Waals surface area (Å²) < 4.78 is 22.6. The number of carboxylic acids is 1. The Labute approximate surface area is 434 Å². The first kappa shape index (κ1) is 67.0. The van der Waals surface area contributed by atoms with E-state index in [1.54, 1.807) is 0 Å². The van der Waals surface area contributed by atoms with Gasteiger partial charge < -0.3 is 33.3 Å². The van der Waals surface area contributed by atoms with E-state index in [0.717, 1.165) is 116 Å². The molecule has 0 saturated heterocycles. The number of ether oxygens (including phenoxy) is 4. The van der Waals surface area contributed by atoms with E-state index in [9.17, 15) is 19.5 Å². The third-order valence-corrected chi connectivity index (χ3v) is 11.5. The molecule has 9 nitrogen and oxygen atoms in total. The highest BCUT2D eigenvalue weighted by Gasteiger charge is 2.22. The van der Waals surface area contributed by atoms with Crippen molar-refractivity contribution in [1.82, 2.24) is 0 Å². The highest BCUT2D eigenvalue weighted by Crippen LogP contribution is 2.14. The average Bonchev–Trinajstić information content (AvgIpc) is 3.34. The summed E-state index contributed by atoms with van der Waals surface area (Å²) >= 11 is 0. The molecule has 404 valence electrons. The van der Waals surface area contributed by atoms with Gasteiger partial charge in [-0.3, -0.25) is 9.59 Å². The fourth-order valence-corrected chi connectivity index (χ4v) is 7.19. The van der Waals surface area contributed by atoms with Gasteiger partial charge >= 0.3 is 11.9 Å². The van der Waals surface area contributed by atoms with Crippen LogP contribution in [-0.2, 0) is 33.3 Å². The molecule has 0 amide bonds. The number of nitrogens with zero attached hydrogens (tertiary/aromatic N) is 1. The van der Waals surface area contributed by atoms with Gasteiger partial charge in [0.15, 0.2) is 12.4 Å². The number of carbonyl (C=O) groups excluding carboxylic acids is 3. The fourth-order valence-electron chi connectivity index (χ4n) is 7.19. The molecule has 0 aromatic heterocycles. The third kappa shape index (κ3) is 53.6. The van der Waals surface area contributed by atoms with Crippen molar-refractivity contribution < 1.29 is 42.9 Å². The zero-order valence-corrected chi connectivity index (χ0v) is 45.8. The van der Waals surface area contributed by atoms with Crippen LogP contribution < -0.4 is 5.11 Å². The molecular weight excluding hydrogens is 887 g/mol. The number of quaternary nitrogens is 1. The average molecular weight is 991 g/mol. The lowest BCUT2D eigenvalue weighted by atomic mass is 10.1. The Morgan fingerprint density at radius 2 is 0.803 bits per heavy atom. The molecule has 0 aromatic rings. The first-order valence-corrected chi connectivity index (χ1v) is 28.0. The highest BCUT2D eigenvalue weighted by atomic mass is 16.7. The van der Waals surface area contributed by atoms with E-state index in [1.165, 1.54) is 57.8 Å². The molecule has 0 radical (unpaired) electrons. The number of esters is 2. The zero-order chi connectivity index (χ0) is 52.0. The van der Waals surface area contributed by atoms with Crippen molar-refractivity contribution in [2.45, 2.75) is 219 Å². The largest absolute Gasteiger partial charge is 0.545 e. The molecule has 2 atom stereocenters. The maximum absolute atomic E-state index is 12.8. The Bertz CT molecular complexity index is 1530. The lowest BCUT2D eigenvalue weighted by Crippen LogP contribution is -2.44. The van der Waals surface area contributed by atoms with Crippen molar-refractivity contribution in [3.8, 4) is 0 Å². The minimum atomic E-state index is -1.63. The van der Waals surface area contributed by atoms with Crippen LogP contribution in [0.1, 0.15) is 206 Å². The lowest BCUT2D eigenvalue weighted by Gasteiger charge is -2.26. The molecule has 0 aliphatic rings. The molecule has 0 spiro atoms. The van der Waals surface area contributed by atoms with E-state index < -0.39 is 24.3 Å². The Morgan fingerprint density at radius 3 is 1.20 bits per heavy atom. The zero-order valence-electron chi connectivity index (χ0n) is 45.8. The van der Waals surface area contributed by atoms with Crippen LogP contribution in [0.4, 0.5) is 0 Å². The summed E-state index contributed by atoms with van der Waals surface area (Å²) in [6, 6.07) is 0. The van der Waals surface area contributed by atoms with Gasteiger partial charge in [0.2, 0.25) is 0 Å². The van der Waals surface area contributed by atoms with E-state index in [2.05, 4.69) is 123 Å². The van der Waals surface area contributed by atoms with Crippen molar-refractivity contribution in [1.29, 1.82) is 0 Å². The smallest absolute Gasteiger partial charge is 0.306 e. The van der Waals surface area contributed by atoms with E-state index >= 15 is 0 Å². The van der Waals surface area contributed by atoms with Gasteiger partial charge in [0.25, 0.3) is 0 Å².